The van der Waals surface area contributed by atoms with E-state index in [1.54, 1.807) is 12.1 Å². The Morgan fingerprint density at radius 3 is 2.36 bits per heavy atom. The Morgan fingerprint density at radius 1 is 0.760 bits per heavy atom. The van der Waals surface area contributed by atoms with E-state index in [1.165, 1.54) is 30.3 Å². The van der Waals surface area contributed by atoms with Gasteiger partial charge >= 0.3 is 5.63 Å². The van der Waals surface area contributed by atoms with Gasteiger partial charge in [-0.1, -0.05) is 30.3 Å². The number of benzene rings is 3. The molecule has 0 unspecified atom stereocenters. The number of hydrogen-bond donors (Lipinski definition) is 1. The summed E-state index contributed by atoms with van der Waals surface area (Å²) in [7, 11) is -3.75. The highest BCUT2D eigenvalue weighted by atomic mass is 32.2. The van der Waals surface area contributed by atoms with E-state index in [4.69, 9.17) is 4.42 Å². The van der Waals surface area contributed by atoms with Gasteiger partial charge in [0.05, 0.1) is 4.90 Å². The van der Waals surface area contributed by atoms with Crippen LogP contribution in [0.2, 0.25) is 0 Å². The molecular weight excluding hydrogens is 338 g/mol. The van der Waals surface area contributed by atoms with Gasteiger partial charge in [-0.2, -0.15) is 0 Å². The lowest BCUT2D eigenvalue weighted by atomic mass is 10.1. The van der Waals surface area contributed by atoms with Gasteiger partial charge in [0.15, 0.2) is 0 Å². The van der Waals surface area contributed by atoms with Crippen LogP contribution >= 0.6 is 0 Å². The van der Waals surface area contributed by atoms with Gasteiger partial charge in [-0.05, 0) is 47.2 Å². The standard InChI is InChI=1S/C19H13NO4S/c21-19-10-6-15-12-17(8-9-18(15)24-19)25(22,23)20-16-7-5-13-3-1-2-4-14(13)11-16/h1-12,20H. The summed E-state index contributed by atoms with van der Waals surface area (Å²) in [6.45, 7) is 0. The van der Waals surface area contributed by atoms with Crippen molar-refractivity contribution in [3.8, 4) is 0 Å². The van der Waals surface area contributed by atoms with E-state index in [9.17, 15) is 13.2 Å². The molecule has 5 nitrogen and oxygen atoms in total. The van der Waals surface area contributed by atoms with Gasteiger partial charge in [-0.15, -0.1) is 0 Å². The summed E-state index contributed by atoms with van der Waals surface area (Å²) in [5.74, 6) is 0. The molecule has 0 aliphatic heterocycles. The third kappa shape index (κ3) is 2.99. The largest absolute Gasteiger partial charge is 0.423 e. The minimum absolute atomic E-state index is 0.0991. The zero-order chi connectivity index (χ0) is 17.4. The summed E-state index contributed by atoms with van der Waals surface area (Å²) in [4.78, 5) is 11.3. The van der Waals surface area contributed by atoms with Crippen LogP contribution in [0.4, 0.5) is 5.69 Å². The molecule has 0 aliphatic carbocycles. The minimum atomic E-state index is -3.75. The van der Waals surface area contributed by atoms with Gasteiger partial charge in [-0.25, -0.2) is 13.2 Å². The molecule has 6 heteroatoms. The highest BCUT2D eigenvalue weighted by molar-refractivity contribution is 7.92. The molecule has 0 saturated heterocycles. The van der Waals surface area contributed by atoms with Crippen molar-refractivity contribution in [1.29, 1.82) is 0 Å². The number of nitrogens with one attached hydrogen (secondary N) is 1. The molecule has 4 aromatic rings. The summed E-state index contributed by atoms with van der Waals surface area (Å²) in [5, 5.41) is 2.52. The fourth-order valence-corrected chi connectivity index (χ4v) is 3.77. The normalized spacial score (nSPS) is 11.7. The molecule has 25 heavy (non-hydrogen) atoms. The smallest absolute Gasteiger partial charge is 0.336 e. The molecule has 0 fully saturated rings. The van der Waals surface area contributed by atoms with Gasteiger partial charge in [0.25, 0.3) is 10.0 Å². The third-order valence-electron chi connectivity index (χ3n) is 3.90. The number of rotatable bonds is 3. The first-order valence-corrected chi connectivity index (χ1v) is 9.05. The molecule has 0 atom stereocenters. The fourth-order valence-electron chi connectivity index (χ4n) is 2.68. The van der Waals surface area contributed by atoms with Crippen LogP contribution in [0.1, 0.15) is 0 Å². The first kappa shape index (κ1) is 15.4. The van der Waals surface area contributed by atoms with E-state index in [0.717, 1.165) is 10.8 Å². The van der Waals surface area contributed by atoms with E-state index < -0.39 is 15.6 Å². The Morgan fingerprint density at radius 2 is 1.52 bits per heavy atom. The predicted molar refractivity (Wildman–Crippen MR) is 97.2 cm³/mol. The van der Waals surface area contributed by atoms with Crippen LogP contribution < -0.4 is 10.3 Å². The molecule has 1 aromatic heterocycles. The summed E-state index contributed by atoms with van der Waals surface area (Å²) in [6, 6.07) is 20.2. The van der Waals surface area contributed by atoms with Crippen molar-refractivity contribution in [2.24, 2.45) is 0 Å². The second-order valence-corrected chi connectivity index (χ2v) is 7.30. The Hall–Kier alpha value is -3.12. The van der Waals surface area contributed by atoms with Gasteiger partial charge < -0.3 is 4.42 Å². The zero-order valence-corrected chi connectivity index (χ0v) is 13.8. The maximum atomic E-state index is 12.6. The van der Waals surface area contributed by atoms with Crippen LogP contribution in [0.3, 0.4) is 0 Å². The van der Waals surface area contributed by atoms with Crippen molar-refractivity contribution < 1.29 is 12.8 Å². The van der Waals surface area contributed by atoms with Crippen LogP contribution in [-0.2, 0) is 10.0 Å². The Kier molecular flexibility index (Phi) is 3.54. The van der Waals surface area contributed by atoms with Gasteiger partial charge in [0.1, 0.15) is 5.58 Å². The predicted octanol–water partition coefficient (Wildman–Crippen LogP) is 3.75. The summed E-state index contributed by atoms with van der Waals surface area (Å²) >= 11 is 0. The number of hydrogen-bond acceptors (Lipinski definition) is 4. The number of sulfonamides is 1. The molecule has 3 aromatic carbocycles. The van der Waals surface area contributed by atoms with Crippen molar-refractivity contribution in [3.05, 3.63) is 83.2 Å². The second-order valence-electron chi connectivity index (χ2n) is 5.62. The summed E-state index contributed by atoms with van der Waals surface area (Å²) < 4.78 is 32.9. The van der Waals surface area contributed by atoms with Crippen molar-refractivity contribution in [2.75, 3.05) is 4.72 Å². The van der Waals surface area contributed by atoms with E-state index in [0.29, 0.717) is 16.7 Å². The highest BCUT2D eigenvalue weighted by Crippen LogP contribution is 2.23. The molecule has 0 radical (unpaired) electrons. The van der Waals surface area contributed by atoms with E-state index >= 15 is 0 Å². The molecule has 1 N–H and O–H groups in total. The van der Waals surface area contributed by atoms with Crippen molar-refractivity contribution in [1.82, 2.24) is 0 Å². The van der Waals surface area contributed by atoms with Gasteiger partial charge in [0, 0.05) is 17.1 Å². The van der Waals surface area contributed by atoms with Crippen molar-refractivity contribution >= 4 is 37.5 Å². The Balaban J connectivity index is 1.73. The molecule has 0 saturated carbocycles. The topological polar surface area (TPSA) is 76.4 Å². The first-order chi connectivity index (χ1) is 12.0. The van der Waals surface area contributed by atoms with Crippen molar-refractivity contribution in [2.45, 2.75) is 4.90 Å². The van der Waals surface area contributed by atoms with E-state index in [1.807, 2.05) is 30.3 Å². The lowest BCUT2D eigenvalue weighted by Gasteiger charge is -2.09. The summed E-state index contributed by atoms with van der Waals surface area (Å²) in [5.41, 5.74) is 0.355. The number of anilines is 1. The monoisotopic (exact) mass is 351 g/mol. The number of fused-ring (bicyclic) bond motifs is 2. The minimum Gasteiger partial charge on any atom is -0.423 e. The lowest BCUT2D eigenvalue weighted by molar-refractivity contribution is 0.560. The van der Waals surface area contributed by atoms with Crippen LogP contribution in [0.25, 0.3) is 21.7 Å². The van der Waals surface area contributed by atoms with Crippen molar-refractivity contribution in [3.63, 3.8) is 0 Å². The Labute approximate surface area is 143 Å². The molecular formula is C19H13NO4S. The first-order valence-electron chi connectivity index (χ1n) is 7.57. The van der Waals surface area contributed by atoms with Crippen LogP contribution in [-0.4, -0.2) is 8.42 Å². The maximum Gasteiger partial charge on any atom is 0.336 e. The zero-order valence-electron chi connectivity index (χ0n) is 13.0. The van der Waals surface area contributed by atoms with Gasteiger partial charge in [0.2, 0.25) is 0 Å². The maximum absolute atomic E-state index is 12.6. The van der Waals surface area contributed by atoms with Crippen LogP contribution in [0, 0.1) is 0 Å². The van der Waals surface area contributed by atoms with E-state index in [-0.39, 0.29) is 4.90 Å². The molecule has 0 amide bonds. The van der Waals surface area contributed by atoms with Gasteiger partial charge in [-0.3, -0.25) is 4.72 Å². The molecule has 0 bridgehead atoms. The van der Waals surface area contributed by atoms with E-state index in [2.05, 4.69) is 4.72 Å². The molecule has 4 rings (SSSR count). The third-order valence-corrected chi connectivity index (χ3v) is 5.28. The quantitative estimate of drug-likeness (QED) is 0.570. The molecule has 0 spiro atoms. The SMILES string of the molecule is O=c1ccc2cc(S(=O)(=O)Nc3ccc4ccccc4c3)ccc2o1. The lowest BCUT2D eigenvalue weighted by Crippen LogP contribution is -2.12. The molecule has 1 heterocycles. The fraction of sp³-hybridized carbons (Fsp3) is 0. The Bertz CT molecular complexity index is 1260. The average molecular weight is 351 g/mol. The highest BCUT2D eigenvalue weighted by Gasteiger charge is 2.15. The molecule has 0 aliphatic rings. The summed E-state index contributed by atoms with van der Waals surface area (Å²) in [6.07, 6.45) is 0. The molecule has 124 valence electrons. The average Bonchev–Trinajstić information content (AvgIpc) is 2.60. The second kappa shape index (κ2) is 5.75. The van der Waals surface area contributed by atoms with Crippen LogP contribution in [0.5, 0.6) is 0 Å². The van der Waals surface area contributed by atoms with Crippen LogP contribution in [0.15, 0.2) is 86.9 Å².